The monoisotopic (exact) mass is 499 g/mol. The molecular formula is C26H27Cl2Zr. The molecule has 0 heterocycles. The van der Waals surface area contributed by atoms with Crippen LogP contribution in [0.15, 0.2) is 85.5 Å². The molecule has 3 heteroatoms. The number of rotatable bonds is 3. The molecule has 0 aromatic heterocycles. The number of halogens is 2. The Morgan fingerprint density at radius 1 is 0.759 bits per heavy atom. The zero-order chi connectivity index (χ0) is 18.4. The van der Waals surface area contributed by atoms with Crippen LogP contribution in [-0.4, -0.2) is 3.21 Å². The number of hydrogen-bond acceptors (Lipinski definition) is 0. The van der Waals surface area contributed by atoms with Gasteiger partial charge >= 0.3 is 167 Å². The molecule has 0 fully saturated rings. The molecule has 0 radical (unpaired) electrons. The molecular weight excluding hydrogens is 474 g/mol. The van der Waals surface area contributed by atoms with E-state index in [2.05, 4.69) is 92.8 Å². The van der Waals surface area contributed by atoms with E-state index in [-0.39, 0.29) is 24.8 Å². The Morgan fingerprint density at radius 2 is 1.38 bits per heavy atom. The average molecular weight is 502 g/mol. The van der Waals surface area contributed by atoms with Crippen LogP contribution < -0.4 is 3.27 Å². The van der Waals surface area contributed by atoms with Crippen LogP contribution in [0.5, 0.6) is 0 Å². The van der Waals surface area contributed by atoms with Gasteiger partial charge in [0.2, 0.25) is 0 Å². The van der Waals surface area contributed by atoms with Crippen molar-refractivity contribution in [3.63, 3.8) is 0 Å². The van der Waals surface area contributed by atoms with Crippen molar-refractivity contribution in [1.82, 2.24) is 0 Å². The second kappa shape index (κ2) is 8.85. The van der Waals surface area contributed by atoms with E-state index in [1.807, 2.05) is 0 Å². The summed E-state index contributed by atoms with van der Waals surface area (Å²) in [7, 11) is 0. The fraction of sp³-hybridized carbons (Fsp3) is 0.192. The molecule has 0 bridgehead atoms. The van der Waals surface area contributed by atoms with Gasteiger partial charge in [-0.05, 0) is 0 Å². The standard InChI is InChI=1S/C13H9.2C5H5.C3H6.2ClH.Zr/c1-3-7-12-10(5-1)9-11-6-2-4-8-13(11)12;2*1-2-4-5-3-1;1-3-2;;;/h1-5,7-8H,9H2;2*1-3H,4H2;1-2H3;2*1H;. The molecule has 0 amide bonds. The van der Waals surface area contributed by atoms with Gasteiger partial charge in [-0.3, -0.25) is 0 Å². The SMILES string of the molecule is C[C](C)=[Zr]([C]1=CC=CC1)([C]1=CC=CC1)[c]1cccc2c1Cc1ccccc1-2.Cl.Cl. The van der Waals surface area contributed by atoms with Gasteiger partial charge in [0.15, 0.2) is 0 Å². The number of allylic oxidation sites excluding steroid dienone is 8. The zero-order valence-electron chi connectivity index (χ0n) is 16.9. The summed E-state index contributed by atoms with van der Waals surface area (Å²) in [6.07, 6.45) is 17.5. The summed E-state index contributed by atoms with van der Waals surface area (Å²) >= 11 is -3.07. The van der Waals surface area contributed by atoms with Crippen molar-refractivity contribution >= 4 is 31.3 Å². The molecule has 2 aromatic rings. The van der Waals surface area contributed by atoms with E-state index < -0.39 is 19.8 Å². The molecule has 0 spiro atoms. The van der Waals surface area contributed by atoms with Crippen LogP contribution in [0.1, 0.15) is 37.8 Å². The first kappa shape index (κ1) is 22.4. The van der Waals surface area contributed by atoms with Gasteiger partial charge in [-0.2, -0.15) is 0 Å². The van der Waals surface area contributed by atoms with E-state index in [9.17, 15) is 0 Å². The van der Waals surface area contributed by atoms with Gasteiger partial charge in [-0.15, -0.1) is 24.8 Å². The van der Waals surface area contributed by atoms with Crippen LogP contribution in [0.4, 0.5) is 0 Å². The molecule has 5 rings (SSSR count). The fourth-order valence-electron chi connectivity index (χ4n) is 5.42. The molecule has 149 valence electrons. The van der Waals surface area contributed by atoms with Crippen molar-refractivity contribution in [2.45, 2.75) is 33.1 Å². The number of fused-ring (bicyclic) bond motifs is 3. The quantitative estimate of drug-likeness (QED) is 0.371. The van der Waals surface area contributed by atoms with Gasteiger partial charge < -0.3 is 0 Å². The summed E-state index contributed by atoms with van der Waals surface area (Å²) in [5.74, 6) is 0. The van der Waals surface area contributed by atoms with Crippen LogP contribution >= 0.6 is 24.8 Å². The van der Waals surface area contributed by atoms with E-state index >= 15 is 0 Å². The van der Waals surface area contributed by atoms with E-state index in [1.54, 1.807) is 18.6 Å². The van der Waals surface area contributed by atoms with Gasteiger partial charge in [0.1, 0.15) is 0 Å². The van der Waals surface area contributed by atoms with Crippen LogP contribution in [0.2, 0.25) is 0 Å². The Bertz CT molecular complexity index is 1090. The molecule has 3 aliphatic carbocycles. The van der Waals surface area contributed by atoms with Gasteiger partial charge in [-0.25, -0.2) is 0 Å². The Kier molecular flexibility index (Phi) is 6.84. The van der Waals surface area contributed by atoms with Gasteiger partial charge in [0.05, 0.1) is 0 Å². The molecule has 29 heavy (non-hydrogen) atoms. The topological polar surface area (TPSA) is 0 Å². The second-order valence-corrected chi connectivity index (χ2v) is 18.7. The normalized spacial score (nSPS) is 15.8. The number of hydrogen-bond donors (Lipinski definition) is 0. The predicted octanol–water partition coefficient (Wildman–Crippen LogP) is 6.78. The Labute approximate surface area is 190 Å². The maximum atomic E-state index is 2.48. The zero-order valence-corrected chi connectivity index (χ0v) is 21.0. The molecule has 0 unspecified atom stereocenters. The minimum atomic E-state index is -3.07. The molecule has 0 saturated carbocycles. The molecule has 0 atom stereocenters. The third-order valence-electron chi connectivity index (χ3n) is 6.51. The van der Waals surface area contributed by atoms with Crippen molar-refractivity contribution in [2.24, 2.45) is 0 Å². The van der Waals surface area contributed by atoms with Crippen LogP contribution in [0.3, 0.4) is 0 Å². The van der Waals surface area contributed by atoms with E-state index in [1.165, 1.54) is 16.7 Å². The van der Waals surface area contributed by atoms with Gasteiger partial charge in [0, 0.05) is 0 Å². The Hall–Kier alpha value is -1.27. The van der Waals surface area contributed by atoms with Gasteiger partial charge in [-0.1, -0.05) is 0 Å². The molecule has 0 aliphatic heterocycles. The average Bonchev–Trinajstić information content (AvgIpc) is 3.44. The molecule has 3 aliphatic rings. The minimum absolute atomic E-state index is 0. The van der Waals surface area contributed by atoms with Gasteiger partial charge in [0.25, 0.3) is 0 Å². The van der Waals surface area contributed by atoms with Crippen molar-refractivity contribution in [2.75, 3.05) is 0 Å². The summed E-state index contributed by atoms with van der Waals surface area (Å²) in [6.45, 7) is 4.83. The summed E-state index contributed by atoms with van der Waals surface area (Å²) in [4.78, 5) is 0. The van der Waals surface area contributed by atoms with Crippen LogP contribution in [-0.2, 0) is 26.2 Å². The van der Waals surface area contributed by atoms with E-state index in [0.717, 1.165) is 19.3 Å². The Balaban J connectivity index is 0.00000120. The first-order valence-electron chi connectivity index (χ1n) is 9.96. The summed E-state index contributed by atoms with van der Waals surface area (Å²) in [6, 6.07) is 16.1. The van der Waals surface area contributed by atoms with Crippen molar-refractivity contribution in [3.8, 4) is 11.1 Å². The first-order valence-corrected chi connectivity index (χ1v) is 14.9. The van der Waals surface area contributed by atoms with Crippen molar-refractivity contribution in [3.05, 3.63) is 96.6 Å². The molecule has 0 saturated heterocycles. The minimum Gasteiger partial charge on any atom is -0.147 e. The second-order valence-electron chi connectivity index (χ2n) is 8.06. The summed E-state index contributed by atoms with van der Waals surface area (Å²) < 4.78 is 6.83. The molecule has 0 nitrogen and oxygen atoms in total. The summed E-state index contributed by atoms with van der Waals surface area (Å²) in [5, 5.41) is 0. The maximum absolute atomic E-state index is 3.07. The third-order valence-corrected chi connectivity index (χ3v) is 19.9. The van der Waals surface area contributed by atoms with Crippen molar-refractivity contribution < 1.29 is 19.8 Å². The van der Waals surface area contributed by atoms with Crippen molar-refractivity contribution in [1.29, 1.82) is 0 Å². The first-order chi connectivity index (χ1) is 13.2. The van der Waals surface area contributed by atoms with Crippen LogP contribution in [0.25, 0.3) is 11.1 Å². The fourth-order valence-corrected chi connectivity index (χ4v) is 18.9. The largest absolute Gasteiger partial charge is 0.147 e. The molecule has 0 N–H and O–H groups in total. The number of benzene rings is 2. The van der Waals surface area contributed by atoms with E-state index in [0.29, 0.717) is 0 Å². The maximum Gasteiger partial charge on any atom is -0.147 e. The predicted molar refractivity (Wildman–Crippen MR) is 129 cm³/mol. The smallest absolute Gasteiger partial charge is 0.147 e. The summed E-state index contributed by atoms with van der Waals surface area (Å²) in [5.41, 5.74) is 6.02. The third kappa shape index (κ3) is 3.36. The van der Waals surface area contributed by atoms with E-state index in [4.69, 9.17) is 0 Å². The molecule has 2 aromatic carbocycles. The van der Waals surface area contributed by atoms with Crippen LogP contribution in [0, 0.1) is 0 Å². The Morgan fingerprint density at radius 3 is 1.97 bits per heavy atom.